The van der Waals surface area contributed by atoms with Crippen LogP contribution in [0.15, 0.2) is 24.4 Å². The molecule has 1 saturated carbocycles. The van der Waals surface area contributed by atoms with Crippen LogP contribution in [0.3, 0.4) is 0 Å². The highest BCUT2D eigenvalue weighted by atomic mass is 35.5. The standard InChI is InChI=1S/C21H28ClFN2O3/c1-3-28-12-6-15-13-16(18-17(22)5-4-11-25(15)18)19(26)24-14-21(27)9-7-20(2,23)8-10-21/h4-5,11,13,27H,3,6-10,12,14H2,1-2H3,(H,24,26). The van der Waals surface area contributed by atoms with Crippen LogP contribution in [-0.2, 0) is 11.2 Å². The van der Waals surface area contributed by atoms with Crippen LogP contribution < -0.4 is 5.32 Å². The number of halogens is 2. The highest BCUT2D eigenvalue weighted by Crippen LogP contribution is 2.37. The Labute approximate surface area is 169 Å². The molecule has 0 unspecified atom stereocenters. The Morgan fingerprint density at radius 1 is 1.39 bits per heavy atom. The molecule has 154 valence electrons. The van der Waals surface area contributed by atoms with Crippen molar-refractivity contribution >= 4 is 23.0 Å². The minimum atomic E-state index is -1.24. The van der Waals surface area contributed by atoms with Gasteiger partial charge in [-0.2, -0.15) is 0 Å². The first-order chi connectivity index (χ1) is 13.2. The van der Waals surface area contributed by atoms with Gasteiger partial charge in [0.05, 0.1) is 28.3 Å². The first-order valence-corrected chi connectivity index (χ1v) is 10.2. The van der Waals surface area contributed by atoms with Gasteiger partial charge < -0.3 is 19.6 Å². The van der Waals surface area contributed by atoms with E-state index in [-0.39, 0.29) is 12.5 Å². The molecular weight excluding hydrogens is 383 g/mol. The van der Waals surface area contributed by atoms with Crippen LogP contribution in [-0.4, -0.2) is 46.4 Å². The molecule has 1 fully saturated rings. The van der Waals surface area contributed by atoms with E-state index in [9.17, 15) is 14.3 Å². The lowest BCUT2D eigenvalue weighted by atomic mass is 9.78. The Kier molecular flexibility index (Phi) is 6.32. The number of alkyl halides is 1. The topological polar surface area (TPSA) is 63.0 Å². The monoisotopic (exact) mass is 410 g/mol. The zero-order valence-electron chi connectivity index (χ0n) is 16.4. The van der Waals surface area contributed by atoms with Crippen LogP contribution in [0.5, 0.6) is 0 Å². The lowest BCUT2D eigenvalue weighted by molar-refractivity contribution is -0.0374. The summed E-state index contributed by atoms with van der Waals surface area (Å²) in [5, 5.41) is 14.0. The molecule has 0 radical (unpaired) electrons. The molecule has 1 amide bonds. The summed E-state index contributed by atoms with van der Waals surface area (Å²) in [4.78, 5) is 12.9. The molecule has 28 heavy (non-hydrogen) atoms. The molecule has 1 aliphatic rings. The van der Waals surface area contributed by atoms with Crippen molar-refractivity contribution in [3.05, 3.63) is 40.7 Å². The molecule has 2 aromatic rings. The predicted molar refractivity (Wildman–Crippen MR) is 108 cm³/mol. The molecule has 0 atom stereocenters. The molecule has 0 spiro atoms. The van der Waals surface area contributed by atoms with Crippen molar-refractivity contribution in [2.45, 2.75) is 57.2 Å². The minimum absolute atomic E-state index is 0.0952. The number of ether oxygens (including phenoxy) is 1. The van der Waals surface area contributed by atoms with Gasteiger partial charge in [-0.1, -0.05) is 11.6 Å². The molecule has 0 aliphatic heterocycles. The van der Waals surface area contributed by atoms with E-state index in [4.69, 9.17) is 16.3 Å². The average molecular weight is 411 g/mol. The van der Waals surface area contributed by atoms with Crippen molar-refractivity contribution in [2.75, 3.05) is 19.8 Å². The second-order valence-corrected chi connectivity index (χ2v) is 8.30. The third kappa shape index (κ3) is 4.67. The number of carbonyl (C=O) groups excluding carboxylic acids is 1. The Bertz CT molecular complexity index is 840. The highest BCUT2D eigenvalue weighted by molar-refractivity contribution is 6.34. The summed E-state index contributed by atoms with van der Waals surface area (Å²) in [6.45, 7) is 4.78. The van der Waals surface area contributed by atoms with Gasteiger partial charge in [0.1, 0.15) is 5.67 Å². The predicted octanol–water partition coefficient (Wildman–Crippen LogP) is 3.93. The van der Waals surface area contributed by atoms with E-state index in [1.165, 1.54) is 0 Å². The van der Waals surface area contributed by atoms with Gasteiger partial charge in [-0.25, -0.2) is 4.39 Å². The molecule has 3 rings (SSSR count). The number of nitrogens with one attached hydrogen (secondary N) is 1. The summed E-state index contributed by atoms with van der Waals surface area (Å²) in [5.74, 6) is -0.296. The minimum Gasteiger partial charge on any atom is -0.388 e. The summed E-state index contributed by atoms with van der Waals surface area (Å²) < 4.78 is 21.3. The molecule has 0 saturated heterocycles. The van der Waals surface area contributed by atoms with E-state index >= 15 is 0 Å². The van der Waals surface area contributed by atoms with E-state index in [1.54, 1.807) is 13.0 Å². The average Bonchev–Trinajstić information content (AvgIpc) is 3.03. The van der Waals surface area contributed by atoms with Gasteiger partial charge >= 0.3 is 0 Å². The second kappa shape index (κ2) is 8.39. The maximum Gasteiger partial charge on any atom is 0.253 e. The normalized spacial score (nSPS) is 25.2. The zero-order valence-corrected chi connectivity index (χ0v) is 17.2. The van der Waals surface area contributed by atoms with Crippen LogP contribution in [0.2, 0.25) is 5.02 Å². The molecule has 0 aromatic carbocycles. The van der Waals surface area contributed by atoms with Crippen molar-refractivity contribution in [2.24, 2.45) is 0 Å². The summed E-state index contributed by atoms with van der Waals surface area (Å²) in [7, 11) is 0. The molecule has 0 bridgehead atoms. The van der Waals surface area contributed by atoms with Crippen LogP contribution in [0.4, 0.5) is 4.39 Å². The zero-order chi connectivity index (χ0) is 20.4. The smallest absolute Gasteiger partial charge is 0.253 e. The number of amides is 1. The van der Waals surface area contributed by atoms with E-state index in [1.807, 2.05) is 29.7 Å². The number of nitrogens with zero attached hydrogens (tertiary/aromatic N) is 1. The van der Waals surface area contributed by atoms with Crippen LogP contribution in [0.1, 0.15) is 55.6 Å². The van der Waals surface area contributed by atoms with Gasteiger partial charge in [-0.3, -0.25) is 4.79 Å². The Morgan fingerprint density at radius 2 is 2.11 bits per heavy atom. The number of pyridine rings is 1. The Balaban J connectivity index is 1.76. The Morgan fingerprint density at radius 3 is 2.79 bits per heavy atom. The van der Waals surface area contributed by atoms with Crippen molar-refractivity contribution < 1.29 is 19.0 Å². The maximum atomic E-state index is 14.0. The summed E-state index contributed by atoms with van der Waals surface area (Å²) >= 11 is 6.37. The van der Waals surface area contributed by atoms with Crippen LogP contribution >= 0.6 is 11.6 Å². The van der Waals surface area contributed by atoms with Gasteiger partial charge in [0.25, 0.3) is 5.91 Å². The fourth-order valence-electron chi connectivity index (χ4n) is 3.72. The van der Waals surface area contributed by atoms with E-state index in [0.29, 0.717) is 61.4 Å². The molecule has 2 aromatic heterocycles. The third-order valence-corrected chi connectivity index (χ3v) is 5.88. The van der Waals surface area contributed by atoms with Gasteiger partial charge in [0, 0.05) is 31.5 Å². The van der Waals surface area contributed by atoms with Gasteiger partial charge in [-0.15, -0.1) is 0 Å². The molecule has 2 N–H and O–H groups in total. The van der Waals surface area contributed by atoms with E-state index < -0.39 is 11.3 Å². The number of hydrogen-bond acceptors (Lipinski definition) is 3. The van der Waals surface area contributed by atoms with Crippen molar-refractivity contribution in [1.82, 2.24) is 9.72 Å². The van der Waals surface area contributed by atoms with E-state index in [2.05, 4.69) is 5.32 Å². The fourth-order valence-corrected chi connectivity index (χ4v) is 3.99. The molecule has 2 heterocycles. The quantitative estimate of drug-likeness (QED) is 0.680. The Hall–Kier alpha value is -1.63. The highest BCUT2D eigenvalue weighted by Gasteiger charge is 2.39. The van der Waals surface area contributed by atoms with Gasteiger partial charge in [0.2, 0.25) is 0 Å². The summed E-state index contributed by atoms with van der Waals surface area (Å²) in [6, 6.07) is 5.40. The van der Waals surface area contributed by atoms with Crippen molar-refractivity contribution in [1.29, 1.82) is 0 Å². The first kappa shape index (κ1) is 21.1. The van der Waals surface area contributed by atoms with Gasteiger partial charge in [0.15, 0.2) is 0 Å². The van der Waals surface area contributed by atoms with Crippen LogP contribution in [0, 0.1) is 0 Å². The first-order valence-electron chi connectivity index (χ1n) is 9.80. The van der Waals surface area contributed by atoms with E-state index in [0.717, 1.165) is 5.69 Å². The molecule has 1 aliphatic carbocycles. The third-order valence-electron chi connectivity index (χ3n) is 5.57. The van der Waals surface area contributed by atoms with Crippen molar-refractivity contribution in [3.63, 3.8) is 0 Å². The lowest BCUT2D eigenvalue weighted by Crippen LogP contribution is -2.47. The number of carbonyl (C=O) groups is 1. The molecule has 5 nitrogen and oxygen atoms in total. The molecule has 7 heteroatoms. The second-order valence-electron chi connectivity index (χ2n) is 7.89. The molecular formula is C21H28ClFN2O3. The summed E-state index contributed by atoms with van der Waals surface area (Å²) in [5.41, 5.74) is -0.275. The van der Waals surface area contributed by atoms with Crippen LogP contribution in [0.25, 0.3) is 5.52 Å². The fraction of sp³-hybridized carbons (Fsp3) is 0.571. The summed E-state index contributed by atoms with van der Waals surface area (Å²) in [6.07, 6.45) is 3.77. The number of aliphatic hydroxyl groups is 1. The van der Waals surface area contributed by atoms with Gasteiger partial charge in [-0.05, 0) is 57.7 Å². The number of rotatable bonds is 7. The number of fused-ring (bicyclic) bond motifs is 1. The lowest BCUT2D eigenvalue weighted by Gasteiger charge is -2.37. The largest absolute Gasteiger partial charge is 0.388 e. The number of aromatic nitrogens is 1. The van der Waals surface area contributed by atoms with Crippen molar-refractivity contribution in [3.8, 4) is 0 Å². The number of hydrogen-bond donors (Lipinski definition) is 2. The maximum absolute atomic E-state index is 14.0. The SMILES string of the molecule is CCOCCc1cc(C(=O)NCC2(O)CCC(C)(F)CC2)c2c(Cl)cccn12.